The molecular weight excluding hydrogens is 447 g/mol. The van der Waals surface area contributed by atoms with Gasteiger partial charge in [0.1, 0.15) is 12.0 Å². The van der Waals surface area contributed by atoms with Crippen molar-refractivity contribution < 1.29 is 13.9 Å². The maximum Gasteiger partial charge on any atom is 0.320 e. The van der Waals surface area contributed by atoms with Crippen molar-refractivity contribution in [3.63, 3.8) is 0 Å². The highest BCUT2D eigenvalue weighted by atomic mass is 79.9. The monoisotopic (exact) mass is 468 g/mol. The second-order valence-corrected chi connectivity index (χ2v) is 8.01. The zero-order chi connectivity index (χ0) is 21.1. The smallest absolute Gasteiger partial charge is 0.320 e. The summed E-state index contributed by atoms with van der Waals surface area (Å²) in [6.07, 6.45) is -0.533. The van der Waals surface area contributed by atoms with Crippen LogP contribution >= 0.6 is 15.9 Å². The van der Waals surface area contributed by atoms with Gasteiger partial charge in [0.05, 0.1) is 19.2 Å². The molecule has 0 fully saturated rings. The Morgan fingerprint density at radius 1 is 1.07 bits per heavy atom. The van der Waals surface area contributed by atoms with Crippen molar-refractivity contribution in [2.24, 2.45) is 0 Å². The lowest BCUT2D eigenvalue weighted by Crippen LogP contribution is -2.44. The van der Waals surface area contributed by atoms with Crippen molar-refractivity contribution in [2.45, 2.75) is 19.1 Å². The maximum absolute atomic E-state index is 14.8. The first kappa shape index (κ1) is 20.6. The molecule has 3 aromatic rings. The van der Waals surface area contributed by atoms with Gasteiger partial charge in [-0.3, -0.25) is 9.69 Å². The third kappa shape index (κ3) is 4.11. The van der Waals surface area contributed by atoms with Crippen molar-refractivity contribution >= 4 is 27.6 Å². The van der Waals surface area contributed by atoms with Gasteiger partial charge in [-0.1, -0.05) is 64.5 Å². The Hall–Kier alpha value is -2.70. The molecule has 4 rings (SSSR count). The largest absolute Gasteiger partial charge is 0.465 e. The van der Waals surface area contributed by atoms with E-state index in [2.05, 4.69) is 21.2 Å². The van der Waals surface area contributed by atoms with E-state index in [1.54, 1.807) is 25.1 Å². The van der Waals surface area contributed by atoms with Crippen LogP contribution in [0.15, 0.2) is 77.3 Å². The highest BCUT2D eigenvalue weighted by molar-refractivity contribution is 9.10. The molecule has 0 radical (unpaired) electrons. The summed E-state index contributed by atoms with van der Waals surface area (Å²) in [6.45, 7) is 2.09. The number of ether oxygens (including phenoxy) is 1. The zero-order valence-electron chi connectivity index (χ0n) is 16.5. The number of hydrogen-bond donors (Lipinski definition) is 1. The molecule has 1 N–H and O–H groups in total. The summed E-state index contributed by atoms with van der Waals surface area (Å²) >= 11 is 3.56. The Balaban J connectivity index is 1.89. The van der Waals surface area contributed by atoms with Gasteiger partial charge in [-0.2, -0.15) is 0 Å². The van der Waals surface area contributed by atoms with Gasteiger partial charge >= 0.3 is 5.97 Å². The Bertz CT molecular complexity index is 1040. The van der Waals surface area contributed by atoms with Gasteiger partial charge in [0.2, 0.25) is 0 Å². The molecule has 0 aromatic heterocycles. The Kier molecular flexibility index (Phi) is 6.16. The number of benzene rings is 3. The average molecular weight is 469 g/mol. The molecular formula is C24H22BrFN2O2. The molecule has 3 aromatic carbocycles. The van der Waals surface area contributed by atoms with E-state index in [0.717, 1.165) is 21.3 Å². The third-order valence-electron chi connectivity index (χ3n) is 5.20. The van der Waals surface area contributed by atoms with Crippen LogP contribution < -0.4 is 5.32 Å². The normalized spacial score (nSPS) is 18.4. The number of fused-ring (bicyclic) bond motifs is 1. The number of anilines is 1. The number of hydrogen-bond acceptors (Lipinski definition) is 4. The predicted octanol–water partition coefficient (Wildman–Crippen LogP) is 5.67. The summed E-state index contributed by atoms with van der Waals surface area (Å²) in [5, 5.41) is 3.44. The number of nitrogens with zero attached hydrogens (tertiary/aromatic N) is 1. The Labute approximate surface area is 183 Å². The second-order valence-electron chi connectivity index (χ2n) is 7.09. The maximum atomic E-state index is 14.8. The fraction of sp³-hybridized carbons (Fsp3) is 0.208. The number of rotatable bonds is 5. The van der Waals surface area contributed by atoms with E-state index in [9.17, 15) is 9.18 Å². The van der Waals surface area contributed by atoms with Crippen LogP contribution in [-0.4, -0.2) is 24.0 Å². The van der Waals surface area contributed by atoms with Crippen LogP contribution in [0.2, 0.25) is 0 Å². The minimum Gasteiger partial charge on any atom is -0.465 e. The molecule has 1 aliphatic rings. The molecule has 0 aliphatic carbocycles. The lowest BCUT2D eigenvalue weighted by atomic mass is 9.91. The van der Waals surface area contributed by atoms with E-state index in [1.807, 2.05) is 53.4 Å². The molecule has 0 bridgehead atoms. The first-order valence-corrected chi connectivity index (χ1v) is 10.6. The Morgan fingerprint density at radius 3 is 2.53 bits per heavy atom. The molecule has 30 heavy (non-hydrogen) atoms. The molecule has 0 saturated carbocycles. The van der Waals surface area contributed by atoms with Crippen LogP contribution in [-0.2, 0) is 9.53 Å². The summed E-state index contributed by atoms with van der Waals surface area (Å²) in [5.74, 6) is -0.670. The number of carbonyl (C=O) groups is 1. The van der Waals surface area contributed by atoms with Gasteiger partial charge in [-0.05, 0) is 42.3 Å². The third-order valence-corrected chi connectivity index (χ3v) is 5.69. The SMILES string of the molecule is CCOC(=O)CN1[C@@H](c2ccccc2)c2cc(Br)ccc2N[C@@H]1c1ccccc1F. The first-order valence-electron chi connectivity index (χ1n) is 9.85. The highest BCUT2D eigenvalue weighted by Gasteiger charge is 2.38. The molecule has 6 heteroatoms. The molecule has 154 valence electrons. The van der Waals surface area contributed by atoms with Crippen molar-refractivity contribution in [2.75, 3.05) is 18.5 Å². The average Bonchev–Trinajstić information content (AvgIpc) is 2.74. The molecule has 0 unspecified atom stereocenters. The summed E-state index contributed by atoms with van der Waals surface area (Å²) in [5.41, 5.74) is 3.41. The molecule has 1 aliphatic heterocycles. The minimum atomic E-state index is -0.533. The first-order chi connectivity index (χ1) is 14.6. The fourth-order valence-electron chi connectivity index (χ4n) is 3.95. The van der Waals surface area contributed by atoms with Crippen molar-refractivity contribution in [1.29, 1.82) is 0 Å². The quantitative estimate of drug-likeness (QED) is 0.490. The van der Waals surface area contributed by atoms with Crippen molar-refractivity contribution in [1.82, 2.24) is 4.90 Å². The zero-order valence-corrected chi connectivity index (χ0v) is 18.1. The van der Waals surface area contributed by atoms with Crippen molar-refractivity contribution in [3.05, 3.63) is 99.8 Å². The number of nitrogens with one attached hydrogen (secondary N) is 1. The summed E-state index contributed by atoms with van der Waals surface area (Å²) in [6, 6.07) is 22.3. The van der Waals surface area contributed by atoms with E-state index in [1.165, 1.54) is 6.07 Å². The predicted molar refractivity (Wildman–Crippen MR) is 119 cm³/mol. The lowest BCUT2D eigenvalue weighted by molar-refractivity contribution is -0.145. The van der Waals surface area contributed by atoms with Crippen molar-refractivity contribution in [3.8, 4) is 0 Å². The Morgan fingerprint density at radius 2 is 1.80 bits per heavy atom. The van der Waals surface area contributed by atoms with Gasteiger partial charge in [0.25, 0.3) is 0 Å². The van der Waals surface area contributed by atoms with Gasteiger partial charge < -0.3 is 10.1 Å². The van der Waals surface area contributed by atoms with Gasteiger partial charge in [0.15, 0.2) is 0 Å². The van der Waals surface area contributed by atoms with Crippen LogP contribution in [0.25, 0.3) is 0 Å². The van der Waals surface area contributed by atoms with E-state index in [0.29, 0.717) is 12.2 Å². The topological polar surface area (TPSA) is 41.6 Å². The molecule has 0 saturated heterocycles. The second kappa shape index (κ2) is 8.98. The van der Waals surface area contributed by atoms with Crippen LogP contribution in [0.5, 0.6) is 0 Å². The van der Waals surface area contributed by atoms with E-state index in [-0.39, 0.29) is 24.4 Å². The summed E-state index contributed by atoms with van der Waals surface area (Å²) in [4.78, 5) is 14.5. The molecule has 2 atom stereocenters. The molecule has 4 nitrogen and oxygen atoms in total. The van der Waals surface area contributed by atoms with Crippen LogP contribution in [0.3, 0.4) is 0 Å². The summed E-state index contributed by atoms with van der Waals surface area (Å²) < 4.78 is 21.0. The van der Waals surface area contributed by atoms with Crippen LogP contribution in [0.4, 0.5) is 10.1 Å². The fourth-order valence-corrected chi connectivity index (χ4v) is 4.33. The number of halogens is 2. The van der Waals surface area contributed by atoms with E-state index >= 15 is 0 Å². The van der Waals surface area contributed by atoms with E-state index < -0.39 is 6.17 Å². The van der Waals surface area contributed by atoms with Gasteiger partial charge in [0, 0.05) is 15.7 Å². The summed E-state index contributed by atoms with van der Waals surface area (Å²) in [7, 11) is 0. The van der Waals surface area contributed by atoms with Gasteiger partial charge in [-0.15, -0.1) is 0 Å². The standard InChI is InChI=1S/C24H22BrFN2O2/c1-2-30-22(29)15-28-23(16-8-4-3-5-9-16)19-14-17(25)12-13-21(19)27-24(28)18-10-6-7-11-20(18)26/h3-14,23-24,27H,2,15H2,1H3/t23-,24-/m0/s1. The number of carbonyl (C=O) groups excluding carboxylic acids is 1. The molecule has 0 spiro atoms. The number of esters is 1. The molecule has 0 amide bonds. The molecule has 1 heterocycles. The van der Waals surface area contributed by atoms with Gasteiger partial charge in [-0.25, -0.2) is 4.39 Å². The van der Waals surface area contributed by atoms with E-state index in [4.69, 9.17) is 4.74 Å². The lowest BCUT2D eigenvalue weighted by Gasteiger charge is -2.44. The highest BCUT2D eigenvalue weighted by Crippen LogP contribution is 2.45. The minimum absolute atomic E-state index is 0.0192. The van der Waals surface area contributed by atoms with Crippen LogP contribution in [0.1, 0.15) is 35.8 Å². The van der Waals surface area contributed by atoms with Crippen LogP contribution in [0, 0.1) is 5.82 Å².